The molecule has 0 spiro atoms. The molecule has 15 heavy (non-hydrogen) atoms. The maximum Gasteiger partial charge on any atom is 0.134 e. The summed E-state index contributed by atoms with van der Waals surface area (Å²) in [5.41, 5.74) is 0.284. The molecule has 0 N–H and O–H groups in total. The van der Waals surface area contributed by atoms with Crippen LogP contribution in [-0.4, -0.2) is 43.0 Å². The Morgan fingerprint density at radius 3 is 2.67 bits per heavy atom. The number of hydrogen-bond donors (Lipinski definition) is 0. The second kappa shape index (κ2) is 3.87. The summed E-state index contributed by atoms with van der Waals surface area (Å²) >= 11 is 0. The van der Waals surface area contributed by atoms with Gasteiger partial charge in [0.05, 0.1) is 6.10 Å². The first-order valence-corrected chi connectivity index (χ1v) is 5.81. The second-order valence-electron chi connectivity index (χ2n) is 5.56. The molecular formula is C12H21NO2. The highest BCUT2D eigenvalue weighted by atomic mass is 16.5. The van der Waals surface area contributed by atoms with Crippen molar-refractivity contribution in [2.75, 3.05) is 20.2 Å². The predicted molar refractivity (Wildman–Crippen MR) is 58.8 cm³/mol. The van der Waals surface area contributed by atoms with Gasteiger partial charge in [-0.15, -0.1) is 0 Å². The molecule has 0 amide bonds. The van der Waals surface area contributed by atoms with Gasteiger partial charge in [0.1, 0.15) is 5.78 Å². The fourth-order valence-electron chi connectivity index (χ4n) is 2.72. The van der Waals surface area contributed by atoms with Crippen LogP contribution in [0.25, 0.3) is 0 Å². The van der Waals surface area contributed by atoms with Crippen molar-refractivity contribution in [3.8, 4) is 0 Å². The zero-order valence-corrected chi connectivity index (χ0v) is 9.95. The molecule has 1 aliphatic carbocycles. The largest absolute Gasteiger partial charge is 0.379 e. The number of Topliss-reactive ketones (excluding diaryl/α,β-unsaturated/α-hetero) is 1. The van der Waals surface area contributed by atoms with Crippen molar-refractivity contribution in [1.82, 2.24) is 4.90 Å². The molecule has 0 aromatic heterocycles. The van der Waals surface area contributed by atoms with E-state index in [1.807, 2.05) is 0 Å². The predicted octanol–water partition coefficient (Wildman–Crippen LogP) is 1.46. The average molecular weight is 211 g/mol. The van der Waals surface area contributed by atoms with Gasteiger partial charge in [-0.3, -0.25) is 9.69 Å². The quantitative estimate of drug-likeness (QED) is 0.692. The van der Waals surface area contributed by atoms with Crippen molar-refractivity contribution in [3.63, 3.8) is 0 Å². The Hall–Kier alpha value is -0.410. The van der Waals surface area contributed by atoms with E-state index in [1.54, 1.807) is 7.11 Å². The summed E-state index contributed by atoms with van der Waals surface area (Å²) in [4.78, 5) is 13.9. The number of likely N-dealkylation sites (tertiary alicyclic amines) is 1. The van der Waals surface area contributed by atoms with E-state index in [0.717, 1.165) is 32.4 Å². The molecule has 3 heteroatoms. The highest BCUT2D eigenvalue weighted by Crippen LogP contribution is 2.39. The Bertz CT molecular complexity index is 256. The number of hydrogen-bond acceptors (Lipinski definition) is 3. The van der Waals surface area contributed by atoms with Gasteiger partial charge in [-0.2, -0.15) is 0 Å². The smallest absolute Gasteiger partial charge is 0.134 e. The van der Waals surface area contributed by atoms with Crippen molar-refractivity contribution >= 4 is 5.78 Å². The van der Waals surface area contributed by atoms with E-state index in [-0.39, 0.29) is 5.41 Å². The number of ketones is 1. The molecule has 0 bridgehead atoms. The van der Waals surface area contributed by atoms with Crippen LogP contribution in [0, 0.1) is 5.41 Å². The molecule has 1 atom stereocenters. The Morgan fingerprint density at radius 1 is 1.40 bits per heavy atom. The van der Waals surface area contributed by atoms with Crippen LogP contribution in [0.2, 0.25) is 0 Å². The van der Waals surface area contributed by atoms with Gasteiger partial charge in [0.15, 0.2) is 0 Å². The molecular weight excluding hydrogens is 190 g/mol. The molecule has 2 aliphatic rings. The van der Waals surface area contributed by atoms with Crippen LogP contribution in [-0.2, 0) is 9.53 Å². The summed E-state index contributed by atoms with van der Waals surface area (Å²) in [5.74, 6) is 0.431. The third kappa shape index (κ3) is 2.08. The van der Waals surface area contributed by atoms with Crippen molar-refractivity contribution in [3.05, 3.63) is 0 Å². The van der Waals surface area contributed by atoms with Crippen LogP contribution in [0.5, 0.6) is 0 Å². The van der Waals surface area contributed by atoms with E-state index in [0.29, 0.717) is 17.9 Å². The molecule has 0 radical (unpaired) electrons. The van der Waals surface area contributed by atoms with Gasteiger partial charge in [0.25, 0.3) is 0 Å². The van der Waals surface area contributed by atoms with Gasteiger partial charge in [-0.25, -0.2) is 0 Å². The summed E-state index contributed by atoms with van der Waals surface area (Å²) in [6.45, 7) is 6.56. The molecule has 1 saturated carbocycles. The fraction of sp³-hybridized carbons (Fsp3) is 0.917. The van der Waals surface area contributed by atoms with E-state index in [4.69, 9.17) is 4.74 Å². The molecule has 1 heterocycles. The lowest BCUT2D eigenvalue weighted by molar-refractivity contribution is -0.131. The second-order valence-corrected chi connectivity index (χ2v) is 5.56. The number of carbonyl (C=O) groups excluding carboxylic acids is 1. The van der Waals surface area contributed by atoms with Crippen LogP contribution in [0.15, 0.2) is 0 Å². The number of ether oxygens (including phenoxy) is 1. The van der Waals surface area contributed by atoms with Gasteiger partial charge < -0.3 is 4.74 Å². The summed E-state index contributed by atoms with van der Waals surface area (Å²) in [5, 5.41) is 0. The van der Waals surface area contributed by atoms with Crippen LogP contribution >= 0.6 is 0 Å². The number of carbonyl (C=O) groups is 1. The first-order valence-electron chi connectivity index (χ1n) is 5.81. The topological polar surface area (TPSA) is 29.5 Å². The average Bonchev–Trinajstić information content (AvgIpc) is 2.10. The number of rotatable bonds is 2. The Kier molecular flexibility index (Phi) is 2.86. The summed E-state index contributed by atoms with van der Waals surface area (Å²) in [6.07, 6.45) is 2.93. The molecule has 2 rings (SSSR count). The minimum Gasteiger partial charge on any atom is -0.379 e. The molecule has 2 fully saturated rings. The standard InChI is InChI=1S/C12H21NO2/c1-12(2)5-4-9(14)6-11(12)13-7-10(8-13)15-3/h10-11H,4-8H2,1-3H3. The molecule has 0 aromatic carbocycles. The minimum atomic E-state index is 0.284. The van der Waals surface area contributed by atoms with Crippen molar-refractivity contribution in [2.24, 2.45) is 5.41 Å². The Morgan fingerprint density at radius 2 is 2.07 bits per heavy atom. The summed E-state index contributed by atoms with van der Waals surface area (Å²) < 4.78 is 5.28. The van der Waals surface area contributed by atoms with Crippen LogP contribution in [0.4, 0.5) is 0 Å². The zero-order chi connectivity index (χ0) is 11.1. The lowest BCUT2D eigenvalue weighted by atomic mass is 9.71. The molecule has 1 aliphatic heterocycles. The van der Waals surface area contributed by atoms with Crippen molar-refractivity contribution < 1.29 is 9.53 Å². The van der Waals surface area contributed by atoms with E-state index in [9.17, 15) is 4.79 Å². The van der Waals surface area contributed by atoms with E-state index < -0.39 is 0 Å². The highest BCUT2D eigenvalue weighted by molar-refractivity contribution is 5.80. The SMILES string of the molecule is COC1CN(C2CC(=O)CCC2(C)C)C1. The van der Waals surface area contributed by atoms with Gasteiger partial charge in [-0.1, -0.05) is 13.8 Å². The lowest BCUT2D eigenvalue weighted by Gasteiger charge is -2.51. The Balaban J connectivity index is 1.97. The van der Waals surface area contributed by atoms with E-state index >= 15 is 0 Å². The van der Waals surface area contributed by atoms with Crippen molar-refractivity contribution in [1.29, 1.82) is 0 Å². The third-order valence-electron chi connectivity index (χ3n) is 4.02. The van der Waals surface area contributed by atoms with Gasteiger partial charge in [0, 0.05) is 39.1 Å². The molecule has 1 unspecified atom stereocenters. The lowest BCUT2D eigenvalue weighted by Crippen LogP contribution is -2.61. The zero-order valence-electron chi connectivity index (χ0n) is 9.95. The van der Waals surface area contributed by atoms with Crippen LogP contribution in [0.1, 0.15) is 33.1 Å². The maximum absolute atomic E-state index is 11.5. The summed E-state index contributed by atoms with van der Waals surface area (Å²) in [7, 11) is 1.76. The fourth-order valence-corrected chi connectivity index (χ4v) is 2.72. The maximum atomic E-state index is 11.5. The first-order chi connectivity index (χ1) is 7.03. The molecule has 86 valence electrons. The van der Waals surface area contributed by atoms with Crippen LogP contribution < -0.4 is 0 Å². The highest BCUT2D eigenvalue weighted by Gasteiger charge is 2.43. The molecule has 0 aromatic rings. The number of nitrogens with zero attached hydrogens (tertiary/aromatic N) is 1. The van der Waals surface area contributed by atoms with E-state index in [1.165, 1.54) is 0 Å². The molecule has 1 saturated heterocycles. The third-order valence-corrected chi connectivity index (χ3v) is 4.02. The first kappa shape index (κ1) is 11.1. The Labute approximate surface area is 91.8 Å². The monoisotopic (exact) mass is 211 g/mol. The van der Waals surface area contributed by atoms with Gasteiger partial charge in [-0.05, 0) is 11.8 Å². The normalized spacial score (nSPS) is 32.7. The summed E-state index contributed by atoms with van der Waals surface area (Å²) in [6, 6.07) is 0.435. The number of methoxy groups -OCH3 is 1. The van der Waals surface area contributed by atoms with Gasteiger partial charge >= 0.3 is 0 Å². The molecule has 3 nitrogen and oxygen atoms in total. The van der Waals surface area contributed by atoms with Crippen LogP contribution in [0.3, 0.4) is 0 Å². The van der Waals surface area contributed by atoms with E-state index in [2.05, 4.69) is 18.7 Å². The van der Waals surface area contributed by atoms with Gasteiger partial charge in [0.2, 0.25) is 0 Å². The minimum absolute atomic E-state index is 0.284. The van der Waals surface area contributed by atoms with Crippen molar-refractivity contribution in [2.45, 2.75) is 45.3 Å².